The van der Waals surface area contributed by atoms with E-state index in [2.05, 4.69) is 14.5 Å². The third-order valence-corrected chi connectivity index (χ3v) is 7.98. The van der Waals surface area contributed by atoms with Crippen LogP contribution in [0.2, 0.25) is 0 Å². The highest BCUT2D eigenvalue weighted by atomic mass is 19.1. The lowest BCUT2D eigenvalue weighted by atomic mass is 9.85. The van der Waals surface area contributed by atoms with Gasteiger partial charge in [-0.3, -0.25) is 0 Å². The van der Waals surface area contributed by atoms with Crippen molar-refractivity contribution >= 4 is 11.0 Å². The molecule has 2 aliphatic rings. The lowest BCUT2D eigenvalue weighted by Gasteiger charge is -2.30. The van der Waals surface area contributed by atoms with Gasteiger partial charge in [0, 0.05) is 30.9 Å². The number of aliphatic hydroxyl groups excluding tert-OH is 1. The van der Waals surface area contributed by atoms with Crippen LogP contribution in [0.5, 0.6) is 11.6 Å². The first-order valence-electron chi connectivity index (χ1n) is 14.2. The van der Waals surface area contributed by atoms with E-state index in [1.807, 2.05) is 18.2 Å². The van der Waals surface area contributed by atoms with Gasteiger partial charge in [0.1, 0.15) is 18.5 Å². The van der Waals surface area contributed by atoms with Gasteiger partial charge in [-0.25, -0.2) is 14.4 Å². The van der Waals surface area contributed by atoms with Crippen molar-refractivity contribution in [2.24, 2.45) is 5.92 Å². The molecule has 0 bridgehead atoms. The van der Waals surface area contributed by atoms with Crippen LogP contribution in [0.15, 0.2) is 48.7 Å². The van der Waals surface area contributed by atoms with Gasteiger partial charge in [-0.15, -0.1) is 0 Å². The number of fused-ring (bicyclic) bond motifs is 1. The first-order valence-corrected chi connectivity index (χ1v) is 14.2. The number of nitriles is 1. The highest BCUT2D eigenvalue weighted by Gasteiger charge is 2.27. The Hall–Kier alpha value is -4.11. The Labute approximate surface area is 242 Å². The first-order chi connectivity index (χ1) is 20.4. The molecule has 11 heteroatoms. The number of benzene rings is 2. The zero-order valence-corrected chi connectivity index (χ0v) is 23.0. The van der Waals surface area contributed by atoms with E-state index in [0.29, 0.717) is 29.7 Å². The Balaban J connectivity index is 1.06. The molecule has 0 unspecified atom stereocenters. The van der Waals surface area contributed by atoms with Crippen molar-refractivity contribution in [3.8, 4) is 17.7 Å². The van der Waals surface area contributed by atoms with Gasteiger partial charge in [0.05, 0.1) is 35.3 Å². The van der Waals surface area contributed by atoms with Gasteiger partial charge < -0.3 is 29.0 Å². The van der Waals surface area contributed by atoms with Crippen molar-refractivity contribution in [2.45, 2.75) is 70.2 Å². The molecular weight excluding hydrogens is 541 g/mol. The van der Waals surface area contributed by atoms with Crippen LogP contribution in [-0.4, -0.2) is 48.5 Å². The summed E-state index contributed by atoms with van der Waals surface area (Å²) < 4.78 is 33.7. The molecule has 1 saturated carbocycles. The van der Waals surface area contributed by atoms with Crippen LogP contribution >= 0.6 is 0 Å². The summed E-state index contributed by atoms with van der Waals surface area (Å²) in [4.78, 5) is 13.6. The average molecular weight is 574 g/mol. The maximum absolute atomic E-state index is 14.1. The molecule has 2 aromatic heterocycles. The van der Waals surface area contributed by atoms with E-state index >= 15 is 0 Å². The van der Waals surface area contributed by atoms with Gasteiger partial charge in [0.2, 0.25) is 5.88 Å². The number of aromatic nitrogens is 4. The minimum absolute atomic E-state index is 0.0247. The Bertz CT molecular complexity index is 1590. The molecule has 4 aromatic rings. The molecule has 218 valence electrons. The van der Waals surface area contributed by atoms with Gasteiger partial charge in [0.25, 0.3) is 0 Å². The van der Waals surface area contributed by atoms with Crippen LogP contribution in [0, 0.1) is 23.1 Å². The number of nitrogens with zero attached hydrogens (tertiary/aromatic N) is 5. The summed E-state index contributed by atoms with van der Waals surface area (Å²) in [5.41, 5.74) is 2.41. The maximum atomic E-state index is 14.1. The largest absolute Gasteiger partial charge is 0.483 e. The molecule has 1 aliphatic heterocycles. The summed E-state index contributed by atoms with van der Waals surface area (Å²) in [6.07, 6.45) is 5.80. The summed E-state index contributed by atoms with van der Waals surface area (Å²) in [5.74, 6) is 1.69. The van der Waals surface area contributed by atoms with Crippen LogP contribution in [0.4, 0.5) is 4.39 Å². The van der Waals surface area contributed by atoms with Gasteiger partial charge in [-0.1, -0.05) is 6.07 Å². The minimum atomic E-state index is -1.53. The second-order valence-electron chi connectivity index (χ2n) is 10.9. The highest BCUT2D eigenvalue weighted by Crippen LogP contribution is 2.32. The number of hydrogen-bond acceptors (Lipinski definition) is 9. The molecule has 10 nitrogen and oxygen atoms in total. The second-order valence-corrected chi connectivity index (χ2v) is 10.9. The Morgan fingerprint density at radius 3 is 2.62 bits per heavy atom. The summed E-state index contributed by atoms with van der Waals surface area (Å²) in [5, 5.41) is 28.3. The molecule has 0 spiro atoms. The molecule has 2 fully saturated rings. The first kappa shape index (κ1) is 28.0. The monoisotopic (exact) mass is 573 g/mol. The molecule has 2 N–H and O–H groups in total. The Kier molecular flexibility index (Phi) is 8.28. The predicted molar refractivity (Wildman–Crippen MR) is 149 cm³/mol. The molecule has 1 atom stereocenters. The van der Waals surface area contributed by atoms with Crippen LogP contribution in [0.3, 0.4) is 0 Å². The average Bonchev–Trinajstić information content (AvgIpc) is 3.31. The number of rotatable bonds is 10. The predicted octanol–water partition coefficient (Wildman–Crippen LogP) is 4.37. The second kappa shape index (κ2) is 12.4. The van der Waals surface area contributed by atoms with Crippen molar-refractivity contribution in [1.82, 2.24) is 19.5 Å². The summed E-state index contributed by atoms with van der Waals surface area (Å²) in [6, 6.07) is 13.0. The van der Waals surface area contributed by atoms with Crippen molar-refractivity contribution in [3.05, 3.63) is 77.3 Å². The van der Waals surface area contributed by atoms with Crippen LogP contribution < -0.4 is 9.47 Å². The summed E-state index contributed by atoms with van der Waals surface area (Å²) >= 11 is 0. The SMILES string of the molecule is N#Cc1ccc(OCc2nccc(O[C@H]3CC[C@@H](Cc4nc5ccc(C(O)O)cc5n4C[C@@H]4CCO4)CC3)n2)c(F)c1. The number of ether oxygens (including phenoxy) is 3. The van der Waals surface area contributed by atoms with E-state index in [0.717, 1.165) is 68.1 Å². The van der Waals surface area contributed by atoms with Crippen molar-refractivity contribution < 1.29 is 28.8 Å². The van der Waals surface area contributed by atoms with E-state index in [4.69, 9.17) is 24.5 Å². The van der Waals surface area contributed by atoms with Gasteiger partial charge in [-0.2, -0.15) is 10.2 Å². The third-order valence-electron chi connectivity index (χ3n) is 7.98. The van der Waals surface area contributed by atoms with Gasteiger partial charge >= 0.3 is 0 Å². The smallest absolute Gasteiger partial charge is 0.216 e. The quantitative estimate of drug-likeness (QED) is 0.265. The standard InChI is InChI=1S/C31H32FN5O5/c32-24-13-20(16-33)3-8-27(24)41-18-28-34-11-9-30(36-28)42-22-5-1-19(2-6-22)14-29-35-25-7-4-21(31(38)39)15-26(25)37(29)17-23-10-12-40-23/h3-4,7-9,11,13,15,19,22-23,31,38-39H,1-2,5-6,10,12,14,17-18H2/t19-,22+,23-/m0/s1. The zero-order valence-electron chi connectivity index (χ0n) is 23.0. The molecule has 2 aromatic carbocycles. The van der Waals surface area contributed by atoms with Crippen LogP contribution in [-0.2, 0) is 24.3 Å². The van der Waals surface area contributed by atoms with E-state index in [9.17, 15) is 14.6 Å². The van der Waals surface area contributed by atoms with Crippen LogP contribution in [0.1, 0.15) is 61.2 Å². The molecule has 6 rings (SSSR count). The fraction of sp³-hybridized carbons (Fsp3) is 0.419. The number of aliphatic hydroxyl groups is 2. The van der Waals surface area contributed by atoms with Crippen molar-refractivity contribution in [3.63, 3.8) is 0 Å². The highest BCUT2D eigenvalue weighted by molar-refractivity contribution is 5.77. The molecule has 0 radical (unpaired) electrons. The van der Waals surface area contributed by atoms with Crippen molar-refractivity contribution in [2.75, 3.05) is 6.61 Å². The number of imidazole rings is 1. The number of halogens is 1. The van der Waals surface area contributed by atoms with Gasteiger partial charge in [-0.05, 0) is 68.4 Å². The van der Waals surface area contributed by atoms with E-state index in [1.165, 1.54) is 12.1 Å². The fourth-order valence-corrected chi connectivity index (χ4v) is 5.57. The van der Waals surface area contributed by atoms with E-state index in [1.54, 1.807) is 18.3 Å². The summed E-state index contributed by atoms with van der Waals surface area (Å²) in [7, 11) is 0. The fourth-order valence-electron chi connectivity index (χ4n) is 5.57. The third kappa shape index (κ3) is 6.36. The maximum Gasteiger partial charge on any atom is 0.216 e. The summed E-state index contributed by atoms with van der Waals surface area (Å²) in [6.45, 7) is 1.44. The topological polar surface area (TPSA) is 136 Å². The molecule has 3 heterocycles. The van der Waals surface area contributed by atoms with E-state index in [-0.39, 0.29) is 30.1 Å². The lowest BCUT2D eigenvalue weighted by molar-refractivity contribution is -0.0591. The minimum Gasteiger partial charge on any atom is -0.483 e. The molecule has 0 amide bonds. The van der Waals surface area contributed by atoms with E-state index < -0.39 is 12.1 Å². The normalized spacial score (nSPS) is 20.3. The van der Waals surface area contributed by atoms with Gasteiger partial charge in [0.15, 0.2) is 23.7 Å². The lowest BCUT2D eigenvalue weighted by Crippen LogP contribution is -2.32. The Morgan fingerprint density at radius 1 is 1.07 bits per heavy atom. The number of hydrogen-bond donors (Lipinski definition) is 2. The molecule has 1 aliphatic carbocycles. The van der Waals surface area contributed by atoms with Crippen molar-refractivity contribution in [1.29, 1.82) is 5.26 Å². The Morgan fingerprint density at radius 2 is 1.90 bits per heavy atom. The molecule has 42 heavy (non-hydrogen) atoms. The molecule has 1 saturated heterocycles. The molecular formula is C31H32FN5O5. The van der Waals surface area contributed by atoms with Crippen LogP contribution in [0.25, 0.3) is 11.0 Å². The zero-order chi connectivity index (χ0) is 29.1.